The van der Waals surface area contributed by atoms with Crippen LogP contribution in [0.15, 0.2) is 0 Å². The molecule has 0 spiro atoms. The van der Waals surface area contributed by atoms with Crippen LogP contribution < -0.4 is 0 Å². The van der Waals surface area contributed by atoms with Crippen molar-refractivity contribution in [2.75, 3.05) is 27.4 Å². The average Bonchev–Trinajstić information content (AvgIpc) is 3.16. The van der Waals surface area contributed by atoms with Crippen LogP contribution in [-0.4, -0.2) is 55.3 Å². The molecule has 0 aliphatic carbocycles. The van der Waals surface area contributed by atoms with E-state index in [1.807, 2.05) is 0 Å². The number of methoxy groups -OCH3 is 2. The summed E-state index contributed by atoms with van der Waals surface area (Å²) < 4.78 is 22.1. The summed E-state index contributed by atoms with van der Waals surface area (Å²) in [7, 11) is 4.18. The first kappa shape index (κ1) is 15.1. The largest absolute Gasteiger partial charge is 0.371 e. The minimum Gasteiger partial charge on any atom is -0.371 e. The lowest BCUT2D eigenvalue weighted by atomic mass is 10.1. The zero-order valence-electron chi connectivity index (χ0n) is 11.5. The van der Waals surface area contributed by atoms with Crippen LogP contribution in [0.2, 0.25) is 0 Å². The standard InChI is InChI=1S/C12H26O4Si/c1-4-5-6-7-11(12(17,13-2)14-3)16-9-10-8-15-10/h10-11H,4-9H2,1-3,17H3. The molecular weight excluding hydrogens is 236 g/mol. The Labute approximate surface area is 107 Å². The van der Waals surface area contributed by atoms with Gasteiger partial charge in [-0.15, -0.1) is 0 Å². The van der Waals surface area contributed by atoms with Crippen LogP contribution in [0.1, 0.15) is 32.6 Å². The molecule has 2 unspecified atom stereocenters. The Morgan fingerprint density at radius 2 is 2.00 bits per heavy atom. The van der Waals surface area contributed by atoms with E-state index in [4.69, 9.17) is 18.9 Å². The zero-order chi connectivity index (χ0) is 12.7. The molecule has 0 saturated carbocycles. The SMILES string of the molecule is CCCCCC(OCC1CO1)C([SiH3])(OC)OC. The molecule has 1 aliphatic heterocycles. The van der Waals surface area contributed by atoms with E-state index in [9.17, 15) is 0 Å². The van der Waals surface area contributed by atoms with Crippen molar-refractivity contribution in [3.63, 3.8) is 0 Å². The third-order valence-corrected chi connectivity index (χ3v) is 4.81. The van der Waals surface area contributed by atoms with Crippen molar-refractivity contribution in [1.82, 2.24) is 0 Å². The zero-order valence-corrected chi connectivity index (χ0v) is 13.5. The smallest absolute Gasteiger partial charge is 0.165 e. The molecule has 17 heavy (non-hydrogen) atoms. The summed E-state index contributed by atoms with van der Waals surface area (Å²) in [6.07, 6.45) is 4.91. The lowest BCUT2D eigenvalue weighted by molar-refractivity contribution is -0.217. The van der Waals surface area contributed by atoms with Gasteiger partial charge in [0.2, 0.25) is 0 Å². The van der Waals surface area contributed by atoms with Gasteiger partial charge in [0.25, 0.3) is 0 Å². The van der Waals surface area contributed by atoms with E-state index in [-0.39, 0.29) is 6.10 Å². The van der Waals surface area contributed by atoms with Crippen molar-refractivity contribution in [1.29, 1.82) is 0 Å². The highest BCUT2D eigenvalue weighted by Gasteiger charge is 2.36. The third-order valence-electron chi connectivity index (χ3n) is 3.35. The van der Waals surface area contributed by atoms with E-state index in [1.165, 1.54) is 12.8 Å². The summed E-state index contributed by atoms with van der Waals surface area (Å²) in [6.45, 7) is 3.69. The summed E-state index contributed by atoms with van der Waals surface area (Å²) >= 11 is 0. The molecule has 102 valence electrons. The van der Waals surface area contributed by atoms with Crippen molar-refractivity contribution in [3.05, 3.63) is 0 Å². The molecule has 4 nitrogen and oxygen atoms in total. The number of hydrogen-bond donors (Lipinski definition) is 0. The molecule has 0 radical (unpaired) electrons. The predicted molar refractivity (Wildman–Crippen MR) is 70.3 cm³/mol. The quantitative estimate of drug-likeness (QED) is 0.251. The van der Waals surface area contributed by atoms with Gasteiger partial charge in [-0.1, -0.05) is 26.2 Å². The molecular formula is C12H26O4Si. The molecule has 0 amide bonds. The van der Waals surface area contributed by atoms with Gasteiger partial charge >= 0.3 is 0 Å². The molecule has 1 aliphatic rings. The average molecular weight is 262 g/mol. The Morgan fingerprint density at radius 1 is 1.35 bits per heavy atom. The first-order chi connectivity index (χ1) is 8.16. The van der Waals surface area contributed by atoms with Gasteiger partial charge in [0, 0.05) is 14.2 Å². The number of hydrogen-bond acceptors (Lipinski definition) is 4. The van der Waals surface area contributed by atoms with Gasteiger partial charge in [0.05, 0.1) is 23.5 Å². The lowest BCUT2D eigenvalue weighted by Crippen LogP contribution is -2.48. The summed E-state index contributed by atoms with van der Waals surface area (Å²) in [5.74, 6) is 0. The van der Waals surface area contributed by atoms with Crippen LogP contribution in [0.5, 0.6) is 0 Å². The van der Waals surface area contributed by atoms with Gasteiger partial charge in [0.1, 0.15) is 12.2 Å². The van der Waals surface area contributed by atoms with Crippen LogP contribution in [0.25, 0.3) is 0 Å². The molecule has 0 N–H and O–H groups in total. The van der Waals surface area contributed by atoms with Crippen molar-refractivity contribution < 1.29 is 18.9 Å². The van der Waals surface area contributed by atoms with Crippen LogP contribution >= 0.6 is 0 Å². The van der Waals surface area contributed by atoms with E-state index < -0.39 is 5.41 Å². The second-order valence-corrected chi connectivity index (χ2v) is 6.09. The van der Waals surface area contributed by atoms with E-state index >= 15 is 0 Å². The summed E-state index contributed by atoms with van der Waals surface area (Å²) in [4.78, 5) is 0. The van der Waals surface area contributed by atoms with Crippen molar-refractivity contribution in [2.24, 2.45) is 0 Å². The van der Waals surface area contributed by atoms with Gasteiger partial charge in [-0.3, -0.25) is 0 Å². The molecule has 0 aromatic heterocycles. The van der Waals surface area contributed by atoms with Crippen LogP contribution in [0, 0.1) is 0 Å². The van der Waals surface area contributed by atoms with Crippen LogP contribution in [0.4, 0.5) is 0 Å². The molecule has 0 bridgehead atoms. The summed E-state index contributed by atoms with van der Waals surface area (Å²) in [5, 5.41) is 0. The fraction of sp³-hybridized carbons (Fsp3) is 1.00. The molecule has 1 heterocycles. The minimum atomic E-state index is -0.525. The summed E-state index contributed by atoms with van der Waals surface area (Å²) in [5.41, 5.74) is -0.525. The van der Waals surface area contributed by atoms with Gasteiger partial charge in [-0.05, 0) is 6.42 Å². The highest BCUT2D eigenvalue weighted by Crippen LogP contribution is 2.23. The van der Waals surface area contributed by atoms with E-state index in [0.29, 0.717) is 12.7 Å². The fourth-order valence-electron chi connectivity index (χ4n) is 1.81. The highest BCUT2D eigenvalue weighted by molar-refractivity contribution is 6.13. The molecule has 0 aromatic carbocycles. The number of ether oxygens (including phenoxy) is 4. The number of epoxide rings is 1. The Kier molecular flexibility index (Phi) is 6.65. The van der Waals surface area contributed by atoms with Crippen molar-refractivity contribution in [2.45, 2.75) is 50.2 Å². The Hall–Kier alpha value is 0.0569. The van der Waals surface area contributed by atoms with E-state index in [2.05, 4.69) is 6.92 Å². The maximum Gasteiger partial charge on any atom is 0.165 e. The Morgan fingerprint density at radius 3 is 2.47 bits per heavy atom. The van der Waals surface area contributed by atoms with E-state index in [1.54, 1.807) is 14.2 Å². The molecule has 1 fully saturated rings. The van der Waals surface area contributed by atoms with Crippen LogP contribution in [0.3, 0.4) is 0 Å². The van der Waals surface area contributed by atoms with Crippen LogP contribution in [-0.2, 0) is 18.9 Å². The maximum absolute atomic E-state index is 5.92. The van der Waals surface area contributed by atoms with Gasteiger partial charge in [-0.25, -0.2) is 0 Å². The second-order valence-electron chi connectivity index (χ2n) is 4.70. The first-order valence-electron chi connectivity index (χ1n) is 6.49. The van der Waals surface area contributed by atoms with Crippen molar-refractivity contribution in [3.8, 4) is 0 Å². The lowest BCUT2D eigenvalue weighted by Gasteiger charge is -2.35. The number of rotatable bonds is 10. The van der Waals surface area contributed by atoms with Gasteiger partial charge in [0.15, 0.2) is 5.41 Å². The fourth-order valence-corrected chi connectivity index (χ4v) is 2.27. The molecule has 0 aromatic rings. The van der Waals surface area contributed by atoms with Gasteiger partial charge < -0.3 is 18.9 Å². The van der Waals surface area contributed by atoms with E-state index in [0.717, 1.165) is 29.7 Å². The predicted octanol–water partition coefficient (Wildman–Crippen LogP) is 0.663. The topological polar surface area (TPSA) is 40.2 Å². The minimum absolute atomic E-state index is 0.0277. The first-order valence-corrected chi connectivity index (χ1v) is 7.49. The number of unbranched alkanes of at least 4 members (excludes halogenated alkanes) is 2. The monoisotopic (exact) mass is 262 g/mol. The maximum atomic E-state index is 5.92. The highest BCUT2D eigenvalue weighted by atomic mass is 28.1. The molecule has 2 atom stereocenters. The third kappa shape index (κ3) is 5.05. The Bertz CT molecular complexity index is 205. The molecule has 1 rings (SSSR count). The molecule has 5 heteroatoms. The summed E-state index contributed by atoms with van der Waals surface area (Å²) in [6, 6.07) is 0. The van der Waals surface area contributed by atoms with Crippen molar-refractivity contribution >= 4 is 10.2 Å². The molecule has 1 saturated heterocycles. The normalized spacial score (nSPS) is 21.7. The van der Waals surface area contributed by atoms with Gasteiger partial charge in [-0.2, -0.15) is 0 Å². The second kappa shape index (κ2) is 7.48. The Balaban J connectivity index is 2.42.